The molecule has 0 saturated heterocycles. The second-order valence-electron chi connectivity index (χ2n) is 6.12. The first-order valence-corrected chi connectivity index (χ1v) is 9.35. The van der Waals surface area contributed by atoms with E-state index in [2.05, 4.69) is 25.5 Å². The molecule has 0 atom stereocenters. The number of hydrogen-bond donors (Lipinski definition) is 1. The molecule has 0 fully saturated rings. The fourth-order valence-electron chi connectivity index (χ4n) is 2.76. The number of aryl methyl sites for hydroxylation is 3. The Hall–Kier alpha value is -3.40. The van der Waals surface area contributed by atoms with Crippen molar-refractivity contribution < 1.29 is 9.21 Å². The van der Waals surface area contributed by atoms with Crippen molar-refractivity contribution in [1.29, 1.82) is 0 Å². The summed E-state index contributed by atoms with van der Waals surface area (Å²) in [5, 5.41) is 11.8. The largest absolute Gasteiger partial charge is 0.402 e. The van der Waals surface area contributed by atoms with E-state index in [0.717, 1.165) is 15.6 Å². The Labute approximate surface area is 163 Å². The van der Waals surface area contributed by atoms with Crippen molar-refractivity contribution in [2.24, 2.45) is 0 Å². The van der Waals surface area contributed by atoms with Gasteiger partial charge in [0.15, 0.2) is 0 Å². The molecule has 142 valence electrons. The molecule has 0 bridgehead atoms. The van der Waals surface area contributed by atoms with E-state index in [1.54, 1.807) is 18.2 Å². The van der Waals surface area contributed by atoms with Gasteiger partial charge in [-0.3, -0.25) is 19.5 Å². The zero-order chi connectivity index (χ0) is 19.7. The summed E-state index contributed by atoms with van der Waals surface area (Å²) in [5.41, 5.74) is 1.24. The average molecular weight is 396 g/mol. The third-order valence-corrected chi connectivity index (χ3v) is 5.14. The molecule has 10 heteroatoms. The smallest absolute Gasteiger partial charge is 0.322 e. The number of nitrogens with zero attached hydrogens (tertiary/aromatic N) is 5. The molecule has 1 aromatic carbocycles. The van der Waals surface area contributed by atoms with Gasteiger partial charge in [0.1, 0.15) is 4.88 Å². The van der Waals surface area contributed by atoms with Crippen molar-refractivity contribution in [3.8, 4) is 10.8 Å². The van der Waals surface area contributed by atoms with E-state index >= 15 is 0 Å². The third kappa shape index (κ3) is 3.54. The molecule has 0 saturated carbocycles. The number of para-hydroxylation sites is 1. The van der Waals surface area contributed by atoms with Gasteiger partial charge >= 0.3 is 6.01 Å². The number of nitrogens with one attached hydrogen (secondary N) is 1. The third-order valence-electron chi connectivity index (χ3n) is 4.08. The van der Waals surface area contributed by atoms with Crippen LogP contribution in [0.4, 0.5) is 6.01 Å². The zero-order valence-corrected chi connectivity index (χ0v) is 16.0. The second-order valence-corrected chi connectivity index (χ2v) is 7.32. The minimum Gasteiger partial charge on any atom is -0.402 e. The number of benzene rings is 1. The summed E-state index contributed by atoms with van der Waals surface area (Å²) in [6.45, 7) is 3.94. The van der Waals surface area contributed by atoms with Gasteiger partial charge in [-0.05, 0) is 26.0 Å². The monoisotopic (exact) mass is 396 g/mol. The average Bonchev–Trinajstić information content (AvgIpc) is 3.27. The van der Waals surface area contributed by atoms with Crippen LogP contribution in [0.15, 0.2) is 39.8 Å². The zero-order valence-electron chi connectivity index (χ0n) is 15.2. The van der Waals surface area contributed by atoms with Crippen molar-refractivity contribution in [2.75, 3.05) is 5.32 Å². The predicted molar refractivity (Wildman–Crippen MR) is 104 cm³/mol. The van der Waals surface area contributed by atoms with Crippen LogP contribution >= 0.6 is 11.3 Å². The second kappa shape index (κ2) is 7.31. The Balaban J connectivity index is 1.42. The number of carbonyl (C=O) groups excluding carboxylic acids is 1. The lowest BCUT2D eigenvalue weighted by Crippen LogP contribution is -2.23. The number of thiazole rings is 1. The molecule has 0 aliphatic heterocycles. The topological polar surface area (TPSA) is 116 Å². The van der Waals surface area contributed by atoms with Crippen molar-refractivity contribution in [3.05, 3.63) is 51.6 Å². The van der Waals surface area contributed by atoms with E-state index in [0.29, 0.717) is 16.8 Å². The maximum atomic E-state index is 12.4. The van der Waals surface area contributed by atoms with Crippen molar-refractivity contribution in [2.45, 2.75) is 26.8 Å². The first kappa shape index (κ1) is 18.0. The maximum Gasteiger partial charge on any atom is 0.322 e. The molecule has 4 rings (SSSR count). The van der Waals surface area contributed by atoms with E-state index in [1.807, 2.05) is 19.9 Å². The van der Waals surface area contributed by atoms with E-state index in [-0.39, 0.29) is 30.4 Å². The van der Waals surface area contributed by atoms with Gasteiger partial charge in [-0.15, -0.1) is 16.4 Å². The van der Waals surface area contributed by atoms with Crippen LogP contribution in [0.25, 0.3) is 21.7 Å². The van der Waals surface area contributed by atoms with Crippen LogP contribution in [0.1, 0.15) is 17.1 Å². The maximum absolute atomic E-state index is 12.4. The highest BCUT2D eigenvalue weighted by Gasteiger charge is 2.16. The Morgan fingerprint density at radius 3 is 2.86 bits per heavy atom. The SMILES string of the molecule is Cc1nc(C)c(-c2nnc(NC(=O)CCn3cnc4ccccc4c3=O)o2)s1. The molecule has 1 amide bonds. The lowest BCUT2D eigenvalue weighted by molar-refractivity contribution is -0.116. The van der Waals surface area contributed by atoms with E-state index < -0.39 is 0 Å². The molecule has 3 heterocycles. The van der Waals surface area contributed by atoms with Gasteiger partial charge in [0.2, 0.25) is 5.91 Å². The predicted octanol–water partition coefficient (Wildman–Crippen LogP) is 2.55. The fourth-order valence-corrected chi connectivity index (χ4v) is 3.61. The first-order chi connectivity index (χ1) is 13.5. The normalized spacial score (nSPS) is 11.1. The minimum absolute atomic E-state index is 0.00874. The molecular weight excluding hydrogens is 380 g/mol. The van der Waals surface area contributed by atoms with Gasteiger partial charge in [0.05, 0.1) is 27.9 Å². The van der Waals surface area contributed by atoms with Crippen molar-refractivity contribution in [1.82, 2.24) is 24.7 Å². The van der Waals surface area contributed by atoms with Crippen LogP contribution < -0.4 is 10.9 Å². The molecule has 0 spiro atoms. The highest BCUT2D eigenvalue weighted by Crippen LogP contribution is 2.29. The summed E-state index contributed by atoms with van der Waals surface area (Å²) < 4.78 is 6.91. The summed E-state index contributed by atoms with van der Waals surface area (Å²) in [7, 11) is 0. The molecule has 0 radical (unpaired) electrons. The van der Waals surface area contributed by atoms with Crippen LogP contribution in [-0.2, 0) is 11.3 Å². The van der Waals surface area contributed by atoms with Gasteiger partial charge in [0.25, 0.3) is 11.4 Å². The molecule has 0 aliphatic rings. The quantitative estimate of drug-likeness (QED) is 0.551. The summed E-state index contributed by atoms with van der Waals surface area (Å²) >= 11 is 1.44. The molecule has 0 aliphatic carbocycles. The Bertz CT molecular complexity index is 1230. The van der Waals surface area contributed by atoms with Gasteiger partial charge in [-0.1, -0.05) is 17.2 Å². The molecule has 0 unspecified atom stereocenters. The molecule has 4 aromatic rings. The van der Waals surface area contributed by atoms with E-state index in [4.69, 9.17) is 4.42 Å². The van der Waals surface area contributed by atoms with Crippen molar-refractivity contribution in [3.63, 3.8) is 0 Å². The number of rotatable bonds is 5. The Morgan fingerprint density at radius 2 is 2.07 bits per heavy atom. The molecular formula is C18H16N6O3S. The summed E-state index contributed by atoms with van der Waals surface area (Å²) in [6.07, 6.45) is 1.51. The lowest BCUT2D eigenvalue weighted by atomic mass is 10.2. The number of carbonyl (C=O) groups is 1. The summed E-state index contributed by atoms with van der Waals surface area (Å²) in [6, 6.07) is 7.09. The van der Waals surface area contributed by atoms with Gasteiger partial charge in [-0.25, -0.2) is 9.97 Å². The number of aromatic nitrogens is 5. The lowest BCUT2D eigenvalue weighted by Gasteiger charge is -2.06. The van der Waals surface area contributed by atoms with Crippen LogP contribution in [0.5, 0.6) is 0 Å². The van der Waals surface area contributed by atoms with Crippen LogP contribution in [0.3, 0.4) is 0 Å². The molecule has 1 N–H and O–H groups in total. The number of fused-ring (bicyclic) bond motifs is 1. The number of anilines is 1. The van der Waals surface area contributed by atoms with Crippen LogP contribution in [0.2, 0.25) is 0 Å². The first-order valence-electron chi connectivity index (χ1n) is 8.53. The molecule has 9 nitrogen and oxygen atoms in total. The molecule has 28 heavy (non-hydrogen) atoms. The highest BCUT2D eigenvalue weighted by atomic mass is 32.1. The van der Waals surface area contributed by atoms with E-state index in [9.17, 15) is 9.59 Å². The fraction of sp³-hybridized carbons (Fsp3) is 0.222. The Kier molecular flexibility index (Phi) is 4.70. The summed E-state index contributed by atoms with van der Waals surface area (Å²) in [4.78, 5) is 34.0. The highest BCUT2D eigenvalue weighted by molar-refractivity contribution is 7.15. The minimum atomic E-state index is -0.340. The van der Waals surface area contributed by atoms with Gasteiger partial charge in [0, 0.05) is 13.0 Å². The van der Waals surface area contributed by atoms with Crippen LogP contribution in [0, 0.1) is 13.8 Å². The standard InChI is InChI=1S/C18H16N6O3S/c1-10-15(28-11(2)20-10)16-22-23-18(27-16)21-14(25)7-8-24-9-19-13-6-4-3-5-12(13)17(24)26/h3-6,9H,7-8H2,1-2H3,(H,21,23,25). The van der Waals surface area contributed by atoms with Gasteiger partial charge in [-0.2, -0.15) is 0 Å². The number of amides is 1. The Morgan fingerprint density at radius 1 is 1.25 bits per heavy atom. The molecule has 3 aromatic heterocycles. The summed E-state index contributed by atoms with van der Waals surface area (Å²) in [5.74, 6) is -0.0270. The van der Waals surface area contributed by atoms with Gasteiger partial charge < -0.3 is 4.42 Å². The van der Waals surface area contributed by atoms with Crippen LogP contribution in [-0.4, -0.2) is 30.6 Å². The van der Waals surface area contributed by atoms with E-state index in [1.165, 1.54) is 22.2 Å². The number of hydrogen-bond acceptors (Lipinski definition) is 8. The van der Waals surface area contributed by atoms with Crippen molar-refractivity contribution >= 4 is 34.2 Å².